The van der Waals surface area contributed by atoms with Crippen molar-refractivity contribution >= 4 is 11.9 Å². The van der Waals surface area contributed by atoms with E-state index in [1.165, 1.54) is 6.08 Å². The number of carbonyl (C=O) groups is 2. The van der Waals surface area contributed by atoms with Crippen molar-refractivity contribution in [3.05, 3.63) is 11.8 Å². The van der Waals surface area contributed by atoms with Gasteiger partial charge in [-0.3, -0.25) is 0 Å². The molecule has 1 rings (SSSR count). The fourth-order valence-corrected chi connectivity index (χ4v) is 1.20. The smallest absolute Gasteiger partial charge is 0.422 e. The second kappa shape index (κ2) is 5.91. The molecule has 0 heterocycles. The van der Waals surface area contributed by atoms with E-state index in [0.29, 0.717) is 18.6 Å². The first-order valence-electron chi connectivity index (χ1n) is 4.79. The Morgan fingerprint density at radius 3 is 2.88 bits per heavy atom. The number of allylic oxidation sites excluding steroid dienone is 2. The summed E-state index contributed by atoms with van der Waals surface area (Å²) in [6.07, 6.45) is 6.18. The maximum atomic E-state index is 12.7. The van der Waals surface area contributed by atoms with Crippen molar-refractivity contribution in [2.45, 2.75) is 25.4 Å². The monoisotopic (exact) mass is 226 g/mol. The fourth-order valence-electron chi connectivity index (χ4n) is 1.20. The van der Waals surface area contributed by atoms with Gasteiger partial charge in [-0.25, -0.2) is 14.0 Å². The van der Waals surface area contributed by atoms with Crippen molar-refractivity contribution in [3.8, 4) is 12.3 Å². The molecule has 0 fully saturated rings. The van der Waals surface area contributed by atoms with Crippen molar-refractivity contribution in [3.63, 3.8) is 0 Å². The minimum absolute atomic E-state index is 0.196. The summed E-state index contributed by atoms with van der Waals surface area (Å²) in [6.45, 7) is -0.278. The quantitative estimate of drug-likeness (QED) is 0.402. The zero-order valence-corrected chi connectivity index (χ0v) is 8.57. The van der Waals surface area contributed by atoms with Crippen molar-refractivity contribution in [1.82, 2.24) is 0 Å². The lowest BCUT2D eigenvalue weighted by atomic mass is 10.0. The Bertz CT molecular complexity index is 353. The number of carbonyl (C=O) groups excluding carboxylic acids is 2. The SMILES string of the molecule is C#CCOC(=O)C(=O)OC1=CCC(F)CC1. The normalized spacial score (nSPS) is 19.2. The molecule has 0 aromatic carbocycles. The molecule has 5 heteroatoms. The van der Waals surface area contributed by atoms with Gasteiger partial charge in [-0.2, -0.15) is 0 Å². The summed E-state index contributed by atoms with van der Waals surface area (Å²) in [5.41, 5.74) is 0. The van der Waals surface area contributed by atoms with Crippen molar-refractivity contribution in [2.75, 3.05) is 6.61 Å². The molecule has 86 valence electrons. The molecule has 0 aromatic heterocycles. The lowest BCUT2D eigenvalue weighted by molar-refractivity contribution is -0.164. The van der Waals surface area contributed by atoms with Crippen LogP contribution in [-0.4, -0.2) is 24.7 Å². The molecule has 0 saturated heterocycles. The molecule has 0 spiro atoms. The molecule has 16 heavy (non-hydrogen) atoms. The summed E-state index contributed by atoms with van der Waals surface area (Å²) in [5, 5.41) is 0. The minimum atomic E-state index is -1.14. The Morgan fingerprint density at radius 1 is 1.56 bits per heavy atom. The average Bonchev–Trinajstić information content (AvgIpc) is 2.29. The number of hydrogen-bond acceptors (Lipinski definition) is 4. The van der Waals surface area contributed by atoms with E-state index in [9.17, 15) is 14.0 Å². The molecule has 0 bridgehead atoms. The van der Waals surface area contributed by atoms with E-state index in [2.05, 4.69) is 4.74 Å². The van der Waals surface area contributed by atoms with Crippen LogP contribution in [0, 0.1) is 12.3 Å². The Hall–Kier alpha value is -1.83. The number of rotatable bonds is 2. The van der Waals surface area contributed by atoms with Crippen LogP contribution in [0.15, 0.2) is 11.8 Å². The maximum Gasteiger partial charge on any atom is 0.422 e. The van der Waals surface area contributed by atoms with Gasteiger partial charge in [0.25, 0.3) is 0 Å². The van der Waals surface area contributed by atoms with Crippen LogP contribution < -0.4 is 0 Å². The number of esters is 2. The van der Waals surface area contributed by atoms with Crippen molar-refractivity contribution in [1.29, 1.82) is 0 Å². The van der Waals surface area contributed by atoms with E-state index < -0.39 is 18.1 Å². The molecular formula is C11H11FO4. The van der Waals surface area contributed by atoms with Crippen LogP contribution in [0.25, 0.3) is 0 Å². The second-order valence-corrected chi connectivity index (χ2v) is 3.21. The van der Waals surface area contributed by atoms with E-state index in [4.69, 9.17) is 11.2 Å². The highest BCUT2D eigenvalue weighted by atomic mass is 19.1. The standard InChI is InChI=1S/C11H11FO4/c1-2-7-15-10(13)11(14)16-9-5-3-8(12)4-6-9/h1,5,8H,3-4,6-7H2. The molecule has 0 N–H and O–H groups in total. The molecule has 0 saturated carbocycles. The molecule has 0 aliphatic heterocycles. The van der Waals surface area contributed by atoms with E-state index in [-0.39, 0.29) is 13.0 Å². The second-order valence-electron chi connectivity index (χ2n) is 3.21. The van der Waals surface area contributed by atoms with E-state index in [1.807, 2.05) is 5.92 Å². The highest BCUT2D eigenvalue weighted by molar-refractivity contribution is 6.29. The molecule has 0 radical (unpaired) electrons. The summed E-state index contributed by atoms with van der Waals surface area (Å²) >= 11 is 0. The zero-order chi connectivity index (χ0) is 12.0. The number of halogens is 1. The van der Waals surface area contributed by atoms with Gasteiger partial charge in [0.2, 0.25) is 0 Å². The van der Waals surface area contributed by atoms with E-state index >= 15 is 0 Å². The van der Waals surface area contributed by atoms with Crippen LogP contribution in [0.2, 0.25) is 0 Å². The molecule has 1 atom stereocenters. The highest BCUT2D eigenvalue weighted by Crippen LogP contribution is 2.21. The Labute approximate surface area is 92.4 Å². The van der Waals surface area contributed by atoms with Crippen LogP contribution in [0.4, 0.5) is 4.39 Å². The number of terminal acetylenes is 1. The van der Waals surface area contributed by atoms with Crippen molar-refractivity contribution < 1.29 is 23.5 Å². The Morgan fingerprint density at radius 2 is 2.31 bits per heavy atom. The van der Waals surface area contributed by atoms with Crippen LogP contribution in [0.5, 0.6) is 0 Å². The first-order chi connectivity index (χ1) is 7.63. The highest BCUT2D eigenvalue weighted by Gasteiger charge is 2.21. The van der Waals surface area contributed by atoms with Gasteiger partial charge in [-0.15, -0.1) is 6.42 Å². The van der Waals surface area contributed by atoms with Gasteiger partial charge in [0, 0.05) is 12.8 Å². The fraction of sp³-hybridized carbons (Fsp3) is 0.455. The van der Waals surface area contributed by atoms with E-state index in [0.717, 1.165) is 0 Å². The third-order valence-electron chi connectivity index (χ3n) is 1.98. The first-order valence-corrected chi connectivity index (χ1v) is 4.79. The van der Waals surface area contributed by atoms with Crippen molar-refractivity contribution in [2.24, 2.45) is 0 Å². The molecule has 1 aliphatic rings. The van der Waals surface area contributed by atoms with Gasteiger partial charge < -0.3 is 9.47 Å². The largest absolute Gasteiger partial charge is 0.444 e. The summed E-state index contributed by atoms with van der Waals surface area (Å²) in [4.78, 5) is 22.0. The maximum absolute atomic E-state index is 12.7. The predicted molar refractivity (Wildman–Crippen MR) is 52.7 cm³/mol. The summed E-state index contributed by atoms with van der Waals surface area (Å²) in [7, 11) is 0. The Kier molecular flexibility index (Phi) is 4.52. The summed E-state index contributed by atoms with van der Waals surface area (Å²) < 4.78 is 21.8. The lowest BCUT2D eigenvalue weighted by Gasteiger charge is -2.14. The number of hydrogen-bond donors (Lipinski definition) is 0. The minimum Gasteiger partial charge on any atom is -0.444 e. The van der Waals surface area contributed by atoms with Gasteiger partial charge in [-0.1, -0.05) is 5.92 Å². The molecule has 1 unspecified atom stereocenters. The third-order valence-corrected chi connectivity index (χ3v) is 1.98. The van der Waals surface area contributed by atoms with Gasteiger partial charge in [-0.05, 0) is 12.5 Å². The van der Waals surface area contributed by atoms with Crippen LogP contribution in [-0.2, 0) is 19.1 Å². The van der Waals surface area contributed by atoms with Gasteiger partial charge in [0.15, 0.2) is 6.61 Å². The van der Waals surface area contributed by atoms with Gasteiger partial charge >= 0.3 is 11.9 Å². The molecule has 0 amide bonds. The lowest BCUT2D eigenvalue weighted by Crippen LogP contribution is -2.21. The Balaban J connectivity index is 2.40. The summed E-state index contributed by atoms with van der Waals surface area (Å²) in [6, 6.07) is 0. The van der Waals surface area contributed by atoms with Crippen LogP contribution in [0.3, 0.4) is 0 Å². The van der Waals surface area contributed by atoms with Gasteiger partial charge in [0.1, 0.15) is 11.9 Å². The summed E-state index contributed by atoms with van der Waals surface area (Å²) in [5.74, 6) is 0.0864. The van der Waals surface area contributed by atoms with Crippen LogP contribution in [0.1, 0.15) is 19.3 Å². The zero-order valence-electron chi connectivity index (χ0n) is 8.57. The topological polar surface area (TPSA) is 52.6 Å². The van der Waals surface area contributed by atoms with E-state index in [1.54, 1.807) is 0 Å². The third kappa shape index (κ3) is 3.73. The number of alkyl halides is 1. The first kappa shape index (κ1) is 12.2. The molecular weight excluding hydrogens is 215 g/mol. The predicted octanol–water partition coefficient (Wildman–Crippen LogP) is 1.11. The van der Waals surface area contributed by atoms with Gasteiger partial charge in [0.05, 0.1) is 0 Å². The molecule has 0 aromatic rings. The average molecular weight is 226 g/mol. The number of ether oxygens (including phenoxy) is 2. The molecule has 4 nitrogen and oxygen atoms in total. The molecule has 1 aliphatic carbocycles. The van der Waals surface area contributed by atoms with Crippen LogP contribution >= 0.6 is 0 Å².